The maximum Gasteiger partial charge on any atom is 0.373 e. The standard InChI is InChI=1S/C21H30O5/c1-18-7-5-13(23)9-12(18)3-4-14-15-6-8-20(21(25,11-22)26-20)19(15,2)10-16(24)17(14)18/h9,14-17,22,24-25H,3-8,10-11H2,1-2H3/p+1/t14-,15-,16-,17+,18-,19-,20+,21-/m0/s1. The van der Waals surface area contributed by atoms with Gasteiger partial charge in [-0.1, -0.05) is 19.4 Å². The van der Waals surface area contributed by atoms with Gasteiger partial charge in [0.1, 0.15) is 0 Å². The van der Waals surface area contributed by atoms with E-state index in [0.717, 1.165) is 32.1 Å². The number of hydrogen-bond acceptors (Lipinski definition) is 4. The van der Waals surface area contributed by atoms with Gasteiger partial charge in [-0.05, 0) is 61.3 Å². The van der Waals surface area contributed by atoms with Crippen molar-refractivity contribution in [2.24, 2.45) is 28.6 Å². The van der Waals surface area contributed by atoms with Gasteiger partial charge in [0.25, 0.3) is 5.60 Å². The van der Waals surface area contributed by atoms with E-state index in [-0.39, 0.29) is 29.1 Å². The van der Waals surface area contributed by atoms with Crippen LogP contribution >= 0.6 is 0 Å². The van der Waals surface area contributed by atoms with E-state index in [9.17, 15) is 20.1 Å². The molecule has 1 aliphatic heterocycles. The Hall–Kier alpha value is -0.750. The number of carbonyl (C=O) groups is 1. The molecule has 4 aliphatic carbocycles. The van der Waals surface area contributed by atoms with Gasteiger partial charge in [0, 0.05) is 12.8 Å². The predicted molar refractivity (Wildman–Crippen MR) is 95.1 cm³/mol. The fourth-order valence-corrected chi connectivity index (χ4v) is 7.99. The van der Waals surface area contributed by atoms with Gasteiger partial charge in [0.15, 0.2) is 12.4 Å². The topological polar surface area (TPSA) is 90.6 Å². The smallest absolute Gasteiger partial charge is 0.373 e. The van der Waals surface area contributed by atoms with E-state index < -0.39 is 17.5 Å². The summed E-state index contributed by atoms with van der Waals surface area (Å²) >= 11 is 0. The van der Waals surface area contributed by atoms with Gasteiger partial charge in [-0.15, -0.1) is 0 Å². The summed E-state index contributed by atoms with van der Waals surface area (Å²) in [6.07, 6.45) is 7.22. The van der Waals surface area contributed by atoms with E-state index in [1.54, 1.807) is 0 Å². The van der Waals surface area contributed by atoms with E-state index in [1.165, 1.54) is 5.57 Å². The minimum absolute atomic E-state index is 0.0820. The average Bonchev–Trinajstić information content (AvgIpc) is 3.10. The molecule has 4 N–H and O–H groups in total. The van der Waals surface area contributed by atoms with Gasteiger partial charge in [-0.3, -0.25) is 4.79 Å². The first-order valence-electron chi connectivity index (χ1n) is 10.2. The van der Waals surface area contributed by atoms with Crippen molar-refractivity contribution in [3.63, 3.8) is 0 Å². The average molecular weight is 363 g/mol. The van der Waals surface area contributed by atoms with Gasteiger partial charge in [-0.25, -0.2) is 0 Å². The monoisotopic (exact) mass is 363 g/mol. The molecule has 0 amide bonds. The van der Waals surface area contributed by atoms with E-state index in [4.69, 9.17) is 0 Å². The molecule has 5 aliphatic rings. The number of hydrogen-bond donors (Lipinski definition) is 3. The summed E-state index contributed by atoms with van der Waals surface area (Å²) in [5, 5.41) is 31.7. The van der Waals surface area contributed by atoms with E-state index >= 15 is 0 Å². The van der Waals surface area contributed by atoms with E-state index in [0.29, 0.717) is 24.7 Å². The molecule has 0 aromatic heterocycles. The van der Waals surface area contributed by atoms with E-state index in [1.807, 2.05) is 6.08 Å². The molecule has 5 rings (SSSR count). The number of aliphatic hydroxyl groups is 5. The molecule has 0 aromatic carbocycles. The summed E-state index contributed by atoms with van der Waals surface area (Å²) in [6.45, 7) is 4.11. The first-order valence-corrected chi connectivity index (χ1v) is 10.2. The normalized spacial score (nSPS) is 58.0. The lowest BCUT2D eigenvalue weighted by atomic mass is 9.45. The minimum Gasteiger partial charge on any atom is -0.393 e. The van der Waals surface area contributed by atoms with Crippen LogP contribution in [0.4, 0.5) is 0 Å². The van der Waals surface area contributed by atoms with E-state index in [2.05, 4.69) is 18.6 Å². The number of allylic oxidation sites excluding steroid dienone is 1. The van der Waals surface area contributed by atoms with Gasteiger partial charge in [-0.2, -0.15) is 0 Å². The van der Waals surface area contributed by atoms with Crippen molar-refractivity contribution in [3.8, 4) is 0 Å². The van der Waals surface area contributed by atoms with Crippen LogP contribution in [-0.4, -0.2) is 49.9 Å². The fraction of sp³-hybridized carbons (Fsp3) is 0.857. The summed E-state index contributed by atoms with van der Waals surface area (Å²) in [5.74, 6) is -0.0851. The highest BCUT2D eigenvalue weighted by Gasteiger charge is 2.90. The molecule has 0 unspecified atom stereocenters. The number of ketones is 1. The largest absolute Gasteiger partial charge is 0.393 e. The number of aliphatic hydroxyl groups excluding tert-OH is 2. The summed E-state index contributed by atoms with van der Waals surface area (Å²) in [6, 6.07) is 0. The Labute approximate surface area is 154 Å². The zero-order valence-electron chi connectivity index (χ0n) is 15.7. The van der Waals surface area contributed by atoms with Crippen LogP contribution in [0, 0.1) is 28.6 Å². The highest BCUT2D eigenvalue weighted by atomic mass is 16.8. The Morgan fingerprint density at radius 3 is 2.69 bits per heavy atom. The second-order valence-corrected chi connectivity index (χ2v) is 10.1. The van der Waals surface area contributed by atoms with Crippen LogP contribution in [0.2, 0.25) is 0 Å². The molecule has 0 aromatic rings. The molecule has 8 atom stereocenters. The molecule has 5 heteroatoms. The van der Waals surface area contributed by atoms with Crippen molar-refractivity contribution in [2.75, 3.05) is 6.61 Å². The zero-order chi connectivity index (χ0) is 18.5. The van der Waals surface area contributed by atoms with Crippen LogP contribution in [0.1, 0.15) is 58.8 Å². The first-order chi connectivity index (χ1) is 12.2. The van der Waals surface area contributed by atoms with Crippen LogP contribution in [0.3, 0.4) is 0 Å². The molecule has 5 nitrogen and oxygen atoms in total. The molecular weight excluding hydrogens is 332 g/mol. The third-order valence-electron chi connectivity index (χ3n) is 9.26. The zero-order valence-corrected chi connectivity index (χ0v) is 15.7. The summed E-state index contributed by atoms with van der Waals surface area (Å²) < 4.78 is 4.51. The fourth-order valence-electron chi connectivity index (χ4n) is 7.99. The van der Waals surface area contributed by atoms with Crippen molar-refractivity contribution in [1.82, 2.24) is 0 Å². The maximum absolute atomic E-state index is 11.9. The number of carbonyl (C=O) groups excluding carboxylic acids is 1. The Morgan fingerprint density at radius 2 is 2.00 bits per heavy atom. The first kappa shape index (κ1) is 17.4. The van der Waals surface area contributed by atoms with Gasteiger partial charge in [0.2, 0.25) is 0 Å². The molecule has 26 heavy (non-hydrogen) atoms. The molecule has 3 saturated carbocycles. The van der Waals surface area contributed by atoms with Crippen molar-refractivity contribution in [1.29, 1.82) is 0 Å². The molecule has 1 saturated heterocycles. The Morgan fingerprint density at radius 1 is 1.23 bits per heavy atom. The van der Waals surface area contributed by atoms with Crippen molar-refractivity contribution >= 4 is 5.78 Å². The summed E-state index contributed by atoms with van der Waals surface area (Å²) in [7, 11) is 0. The summed E-state index contributed by atoms with van der Waals surface area (Å²) in [4.78, 5) is 11.9. The van der Waals surface area contributed by atoms with Crippen LogP contribution in [0.5, 0.6) is 0 Å². The molecule has 0 radical (unpaired) electrons. The summed E-state index contributed by atoms with van der Waals surface area (Å²) in [5.41, 5.74) is 0.327. The lowest BCUT2D eigenvalue weighted by molar-refractivity contribution is -0.142. The molecule has 1 heterocycles. The Balaban J connectivity index is 1.53. The second kappa shape index (κ2) is 4.99. The number of fused-ring (bicyclic) bond motifs is 6. The molecular formula is C21H31O5+. The number of rotatable bonds is 1. The molecule has 0 bridgehead atoms. The van der Waals surface area contributed by atoms with Gasteiger partial charge >= 0.3 is 5.79 Å². The Kier molecular flexibility index (Phi) is 3.33. The highest BCUT2D eigenvalue weighted by Crippen LogP contribution is 2.73. The maximum atomic E-state index is 11.9. The van der Waals surface area contributed by atoms with Crippen molar-refractivity contribution < 1.29 is 24.9 Å². The van der Waals surface area contributed by atoms with Crippen LogP contribution in [0.15, 0.2) is 11.6 Å². The highest BCUT2D eigenvalue weighted by molar-refractivity contribution is 5.91. The lowest BCUT2D eigenvalue weighted by Crippen LogP contribution is -2.58. The third-order valence-corrected chi connectivity index (χ3v) is 9.26. The third kappa shape index (κ3) is 1.79. The molecule has 1 spiro atoms. The predicted octanol–water partition coefficient (Wildman–Crippen LogP) is 1.45. The van der Waals surface area contributed by atoms with Crippen LogP contribution in [-0.2, 0) is 4.79 Å². The molecule has 144 valence electrons. The van der Waals surface area contributed by atoms with Gasteiger partial charge < -0.3 is 20.1 Å². The number of ether oxygens (including phenoxy) is 1. The van der Waals surface area contributed by atoms with Crippen LogP contribution < -0.4 is 0 Å². The SMILES string of the molecule is C[C@]12CCC(=O)C=C1CC[C@@H]1[C@@H]2[C@@H](O)C[C@@]2(C)[C@H]1CC[C@@]21[OH+][C@@]1(O)CO. The minimum atomic E-state index is -1.32. The quantitative estimate of drug-likeness (QED) is 0.486. The molecule has 4 fully saturated rings. The lowest BCUT2D eigenvalue weighted by Gasteiger charge is -2.58. The second-order valence-electron chi connectivity index (χ2n) is 10.1. The Bertz CT molecular complexity index is 703. The van der Waals surface area contributed by atoms with Gasteiger partial charge in [0.05, 0.1) is 11.5 Å². The van der Waals surface area contributed by atoms with Crippen molar-refractivity contribution in [2.45, 2.75) is 76.3 Å². The van der Waals surface area contributed by atoms with Crippen LogP contribution in [0.25, 0.3) is 0 Å². The van der Waals surface area contributed by atoms with Crippen molar-refractivity contribution in [3.05, 3.63) is 11.6 Å². The number of epoxide rings is 1.